The summed E-state index contributed by atoms with van der Waals surface area (Å²) in [7, 11) is 0. The molecule has 0 spiro atoms. The maximum absolute atomic E-state index is 12.8. The van der Waals surface area contributed by atoms with Gasteiger partial charge in [-0.05, 0) is 25.1 Å². The Kier molecular flexibility index (Phi) is 5.58. The topological polar surface area (TPSA) is 75.7 Å². The van der Waals surface area contributed by atoms with Crippen molar-refractivity contribution in [2.75, 3.05) is 0 Å². The molecule has 3 rings (SSSR count). The number of thiazole rings is 1. The lowest BCUT2D eigenvalue weighted by atomic mass is 10.1. The second-order valence-electron chi connectivity index (χ2n) is 6.00. The van der Waals surface area contributed by atoms with Crippen LogP contribution in [0.1, 0.15) is 23.4 Å². The Hall–Kier alpha value is -2.80. The zero-order valence-electron chi connectivity index (χ0n) is 14.4. The first-order valence-corrected chi connectivity index (χ1v) is 9.14. The molecule has 1 aromatic carbocycles. The van der Waals surface area contributed by atoms with Crippen LogP contribution < -0.4 is 4.87 Å². The van der Waals surface area contributed by atoms with Gasteiger partial charge in [0.1, 0.15) is 11.5 Å². The van der Waals surface area contributed by atoms with Crippen molar-refractivity contribution in [3.05, 3.63) is 74.7 Å². The number of carbonyl (C=O) groups is 1. The van der Waals surface area contributed by atoms with Crippen molar-refractivity contribution in [2.45, 2.75) is 33.0 Å². The summed E-state index contributed by atoms with van der Waals surface area (Å²) < 4.78 is 6.97. The van der Waals surface area contributed by atoms with Crippen LogP contribution in [0.25, 0.3) is 0 Å². The highest BCUT2D eigenvalue weighted by Gasteiger charge is 2.18. The van der Waals surface area contributed by atoms with E-state index in [0.29, 0.717) is 24.4 Å². The fourth-order valence-corrected chi connectivity index (χ4v) is 3.47. The van der Waals surface area contributed by atoms with Gasteiger partial charge < -0.3 is 19.0 Å². The highest BCUT2D eigenvalue weighted by Crippen LogP contribution is 2.20. The molecular weight excluding hydrogens is 352 g/mol. The molecular formula is C19H20N2O4S. The Morgan fingerprint density at radius 3 is 2.69 bits per heavy atom. The summed E-state index contributed by atoms with van der Waals surface area (Å²) in [4.78, 5) is 26.2. The van der Waals surface area contributed by atoms with E-state index < -0.39 is 0 Å². The van der Waals surface area contributed by atoms with Crippen LogP contribution in [-0.4, -0.2) is 20.5 Å². The molecule has 0 aliphatic carbocycles. The molecule has 3 aromatic rings. The molecule has 0 atom stereocenters. The molecule has 136 valence electrons. The number of hydrogen-bond acceptors (Lipinski definition) is 5. The Balaban J connectivity index is 1.74. The van der Waals surface area contributed by atoms with Crippen molar-refractivity contribution < 1.29 is 14.3 Å². The first-order chi connectivity index (χ1) is 12.5. The van der Waals surface area contributed by atoms with Gasteiger partial charge >= 0.3 is 4.87 Å². The van der Waals surface area contributed by atoms with Gasteiger partial charge in [-0.3, -0.25) is 9.59 Å². The molecule has 1 amide bonds. The number of phenols is 1. The van der Waals surface area contributed by atoms with Gasteiger partial charge in [0.25, 0.3) is 0 Å². The Morgan fingerprint density at radius 2 is 2.04 bits per heavy atom. The molecule has 0 radical (unpaired) electrons. The van der Waals surface area contributed by atoms with Gasteiger partial charge in [-0.25, -0.2) is 0 Å². The lowest BCUT2D eigenvalue weighted by Gasteiger charge is -2.22. The molecule has 0 aliphatic rings. The number of hydrogen-bond donors (Lipinski definition) is 1. The molecule has 0 fully saturated rings. The zero-order valence-corrected chi connectivity index (χ0v) is 15.2. The van der Waals surface area contributed by atoms with Gasteiger partial charge in [0.15, 0.2) is 0 Å². The molecule has 0 saturated heterocycles. The van der Waals surface area contributed by atoms with E-state index in [2.05, 4.69) is 0 Å². The van der Waals surface area contributed by atoms with E-state index in [-0.39, 0.29) is 29.5 Å². The SMILES string of the molecule is Cc1csc(=O)n1CCC(=O)N(Cc1ccco1)Cc1ccccc1O. The average molecular weight is 372 g/mol. The molecule has 26 heavy (non-hydrogen) atoms. The molecule has 0 unspecified atom stereocenters. The largest absolute Gasteiger partial charge is 0.508 e. The number of para-hydroxylation sites is 1. The maximum atomic E-state index is 12.8. The minimum atomic E-state index is -0.109. The Labute approximate surface area is 154 Å². The van der Waals surface area contributed by atoms with Crippen molar-refractivity contribution in [2.24, 2.45) is 0 Å². The minimum absolute atomic E-state index is 0.0615. The second kappa shape index (κ2) is 8.05. The third kappa shape index (κ3) is 4.23. The van der Waals surface area contributed by atoms with Crippen LogP contribution in [0.5, 0.6) is 5.75 Å². The van der Waals surface area contributed by atoms with Gasteiger partial charge in [0.2, 0.25) is 5.91 Å². The van der Waals surface area contributed by atoms with Crippen molar-refractivity contribution in [3.8, 4) is 5.75 Å². The summed E-state index contributed by atoms with van der Waals surface area (Å²) in [5, 5.41) is 11.8. The van der Waals surface area contributed by atoms with Crippen LogP contribution in [0.2, 0.25) is 0 Å². The predicted molar refractivity (Wildman–Crippen MR) is 99.0 cm³/mol. The number of benzene rings is 1. The fourth-order valence-electron chi connectivity index (χ4n) is 2.71. The predicted octanol–water partition coefficient (Wildman–Crippen LogP) is 3.14. The first-order valence-electron chi connectivity index (χ1n) is 8.26. The summed E-state index contributed by atoms with van der Waals surface area (Å²) in [5.74, 6) is 0.703. The number of carbonyl (C=O) groups excluding carboxylic acids is 1. The number of aromatic nitrogens is 1. The van der Waals surface area contributed by atoms with Crippen molar-refractivity contribution in [1.82, 2.24) is 9.47 Å². The standard InChI is InChI=1S/C19H20N2O4S/c1-14-13-26-19(24)21(14)9-8-18(23)20(12-16-6-4-10-25-16)11-15-5-2-3-7-17(15)22/h2-7,10,13,22H,8-9,11-12H2,1H3. The molecule has 0 aliphatic heterocycles. The van der Waals surface area contributed by atoms with E-state index in [4.69, 9.17) is 4.42 Å². The smallest absolute Gasteiger partial charge is 0.307 e. The molecule has 7 heteroatoms. The molecule has 0 bridgehead atoms. The minimum Gasteiger partial charge on any atom is -0.508 e. The number of aryl methyl sites for hydroxylation is 1. The fraction of sp³-hybridized carbons (Fsp3) is 0.263. The third-order valence-corrected chi connectivity index (χ3v) is 5.04. The normalized spacial score (nSPS) is 10.8. The van der Waals surface area contributed by atoms with Crippen LogP contribution in [0, 0.1) is 6.92 Å². The van der Waals surface area contributed by atoms with Crippen molar-refractivity contribution >= 4 is 17.2 Å². The van der Waals surface area contributed by atoms with Gasteiger partial charge in [-0.1, -0.05) is 29.5 Å². The highest BCUT2D eigenvalue weighted by molar-refractivity contribution is 7.07. The molecule has 1 N–H and O–H groups in total. The summed E-state index contributed by atoms with van der Waals surface area (Å²) >= 11 is 1.13. The zero-order chi connectivity index (χ0) is 18.5. The van der Waals surface area contributed by atoms with Crippen LogP contribution in [0.15, 0.2) is 57.3 Å². The quantitative estimate of drug-likeness (QED) is 0.691. The van der Waals surface area contributed by atoms with E-state index in [1.165, 1.54) is 0 Å². The number of amides is 1. The summed E-state index contributed by atoms with van der Waals surface area (Å²) in [6.45, 7) is 2.76. The molecule has 2 heterocycles. The van der Waals surface area contributed by atoms with E-state index in [1.807, 2.05) is 13.0 Å². The van der Waals surface area contributed by atoms with Crippen LogP contribution in [-0.2, 0) is 24.4 Å². The van der Waals surface area contributed by atoms with Crippen LogP contribution in [0.3, 0.4) is 0 Å². The lowest BCUT2D eigenvalue weighted by molar-refractivity contribution is -0.133. The summed E-state index contributed by atoms with van der Waals surface area (Å²) in [5.41, 5.74) is 1.52. The van der Waals surface area contributed by atoms with Gasteiger partial charge in [0.05, 0.1) is 12.8 Å². The average Bonchev–Trinajstić information content (AvgIpc) is 3.24. The summed E-state index contributed by atoms with van der Waals surface area (Å²) in [6.07, 6.45) is 1.76. The van der Waals surface area contributed by atoms with E-state index in [1.54, 1.807) is 51.4 Å². The van der Waals surface area contributed by atoms with Gasteiger partial charge in [0, 0.05) is 36.1 Å². The number of aromatic hydroxyl groups is 1. The monoisotopic (exact) mass is 372 g/mol. The summed E-state index contributed by atoms with van der Waals surface area (Å²) in [6, 6.07) is 10.5. The van der Waals surface area contributed by atoms with Crippen molar-refractivity contribution in [1.29, 1.82) is 0 Å². The number of phenolic OH excluding ortho intramolecular Hbond substituents is 1. The number of rotatable bonds is 7. The number of furan rings is 1. The Bertz CT molecular complexity index is 927. The van der Waals surface area contributed by atoms with Gasteiger partial charge in [-0.15, -0.1) is 0 Å². The first kappa shape index (κ1) is 18.0. The molecule has 6 nitrogen and oxygen atoms in total. The van der Waals surface area contributed by atoms with Crippen LogP contribution in [0.4, 0.5) is 0 Å². The number of nitrogens with zero attached hydrogens (tertiary/aromatic N) is 2. The second-order valence-corrected chi connectivity index (χ2v) is 6.82. The molecule has 2 aromatic heterocycles. The third-order valence-electron chi connectivity index (χ3n) is 4.16. The van der Waals surface area contributed by atoms with Gasteiger partial charge in [-0.2, -0.15) is 0 Å². The van der Waals surface area contributed by atoms with E-state index >= 15 is 0 Å². The molecule has 0 saturated carbocycles. The highest BCUT2D eigenvalue weighted by atomic mass is 32.1. The lowest BCUT2D eigenvalue weighted by Crippen LogP contribution is -2.31. The van der Waals surface area contributed by atoms with Crippen LogP contribution >= 0.6 is 11.3 Å². The van der Waals surface area contributed by atoms with Crippen molar-refractivity contribution in [3.63, 3.8) is 0 Å². The maximum Gasteiger partial charge on any atom is 0.307 e. The Morgan fingerprint density at radius 1 is 1.23 bits per heavy atom. The van der Waals surface area contributed by atoms with E-state index in [9.17, 15) is 14.7 Å². The van der Waals surface area contributed by atoms with E-state index in [0.717, 1.165) is 17.0 Å².